The molecule has 6 heteroatoms. The Bertz CT molecular complexity index is 538. The fraction of sp³-hybridized carbons (Fsp3) is 0.600. The van der Waals surface area contributed by atoms with Gasteiger partial charge in [0.2, 0.25) is 0 Å². The van der Waals surface area contributed by atoms with E-state index in [-0.39, 0.29) is 17.9 Å². The van der Waals surface area contributed by atoms with Gasteiger partial charge in [0.15, 0.2) is 0 Å². The summed E-state index contributed by atoms with van der Waals surface area (Å²) < 4.78 is 10.1. The molecule has 2 rings (SSSR count). The molecule has 1 aliphatic rings. The van der Waals surface area contributed by atoms with E-state index in [1.165, 1.54) is 11.3 Å². The highest BCUT2D eigenvalue weighted by molar-refractivity contribution is 7.16. The van der Waals surface area contributed by atoms with E-state index in [2.05, 4.69) is 0 Å². The van der Waals surface area contributed by atoms with Crippen LogP contribution in [0.2, 0.25) is 0 Å². The van der Waals surface area contributed by atoms with Gasteiger partial charge in [-0.3, -0.25) is 4.79 Å². The van der Waals surface area contributed by atoms with Gasteiger partial charge in [0.25, 0.3) is 0 Å². The molecule has 1 atom stereocenters. The maximum atomic E-state index is 12.1. The average molecular weight is 311 g/mol. The Morgan fingerprint density at radius 3 is 2.67 bits per heavy atom. The largest absolute Gasteiger partial charge is 0.466 e. The summed E-state index contributed by atoms with van der Waals surface area (Å²) in [6.45, 7) is 4.24. The van der Waals surface area contributed by atoms with Crippen molar-refractivity contribution in [1.29, 1.82) is 0 Å². The van der Waals surface area contributed by atoms with E-state index in [1.807, 2.05) is 0 Å². The van der Waals surface area contributed by atoms with Crippen LogP contribution in [0.5, 0.6) is 0 Å². The average Bonchev–Trinajstić information content (AvgIpc) is 2.76. The smallest absolute Gasteiger partial charge is 0.341 e. The quantitative estimate of drug-likeness (QED) is 0.846. The van der Waals surface area contributed by atoms with Crippen molar-refractivity contribution in [2.24, 2.45) is 0 Å². The number of nitrogens with two attached hydrogens (primary N) is 1. The molecule has 0 aliphatic heterocycles. The maximum absolute atomic E-state index is 12.1. The number of aryl methyl sites for hydroxylation is 1. The van der Waals surface area contributed by atoms with Crippen LogP contribution in [0.15, 0.2) is 0 Å². The predicted molar refractivity (Wildman–Crippen MR) is 81.6 cm³/mol. The summed E-state index contributed by atoms with van der Waals surface area (Å²) in [6, 6.07) is 0. The Morgan fingerprint density at radius 1 is 1.29 bits per heavy atom. The zero-order valence-corrected chi connectivity index (χ0v) is 13.3. The lowest BCUT2D eigenvalue weighted by molar-refractivity contribution is -0.143. The number of ether oxygens (including phenoxy) is 2. The lowest BCUT2D eigenvalue weighted by Crippen LogP contribution is -2.18. The molecule has 116 valence electrons. The first-order chi connectivity index (χ1) is 10.1. The first kappa shape index (κ1) is 15.8. The Balaban J connectivity index is 2.31. The molecular formula is C15H21NO4S. The molecule has 21 heavy (non-hydrogen) atoms. The third-order valence-electron chi connectivity index (χ3n) is 3.61. The van der Waals surface area contributed by atoms with Gasteiger partial charge in [0, 0.05) is 4.88 Å². The van der Waals surface area contributed by atoms with Crippen LogP contribution in [-0.4, -0.2) is 25.2 Å². The highest BCUT2D eigenvalue weighted by atomic mass is 32.1. The first-order valence-electron chi connectivity index (χ1n) is 7.32. The second kappa shape index (κ2) is 6.93. The second-order valence-electron chi connectivity index (χ2n) is 5.00. The SMILES string of the molecule is CCOC(=O)CC1CCCc2sc(N)c(C(=O)OCC)c21. The van der Waals surface area contributed by atoms with E-state index >= 15 is 0 Å². The molecule has 5 nitrogen and oxygen atoms in total. The number of anilines is 1. The maximum Gasteiger partial charge on any atom is 0.341 e. The molecule has 0 amide bonds. The second-order valence-corrected chi connectivity index (χ2v) is 6.13. The lowest BCUT2D eigenvalue weighted by atomic mass is 9.83. The molecule has 1 aliphatic carbocycles. The third kappa shape index (κ3) is 3.37. The number of carbonyl (C=O) groups excluding carboxylic acids is 2. The van der Waals surface area contributed by atoms with E-state index in [0.717, 1.165) is 29.7 Å². The van der Waals surface area contributed by atoms with Gasteiger partial charge in [-0.15, -0.1) is 11.3 Å². The van der Waals surface area contributed by atoms with Crippen molar-refractivity contribution in [3.05, 3.63) is 16.0 Å². The van der Waals surface area contributed by atoms with Gasteiger partial charge in [0.1, 0.15) is 5.00 Å². The van der Waals surface area contributed by atoms with Crippen LogP contribution < -0.4 is 5.73 Å². The van der Waals surface area contributed by atoms with Gasteiger partial charge >= 0.3 is 11.9 Å². The summed E-state index contributed by atoms with van der Waals surface area (Å²) in [5, 5.41) is 0.495. The summed E-state index contributed by atoms with van der Waals surface area (Å²) in [4.78, 5) is 25.0. The van der Waals surface area contributed by atoms with E-state index in [1.54, 1.807) is 13.8 Å². The zero-order valence-electron chi connectivity index (χ0n) is 12.4. The van der Waals surface area contributed by atoms with Gasteiger partial charge in [-0.1, -0.05) is 0 Å². The van der Waals surface area contributed by atoms with Crippen molar-refractivity contribution in [3.63, 3.8) is 0 Å². The van der Waals surface area contributed by atoms with Crippen molar-refractivity contribution in [3.8, 4) is 0 Å². The molecule has 0 bridgehead atoms. The van der Waals surface area contributed by atoms with Crippen LogP contribution in [-0.2, 0) is 20.7 Å². The Morgan fingerprint density at radius 2 is 2.00 bits per heavy atom. The Kier molecular flexibility index (Phi) is 5.22. The van der Waals surface area contributed by atoms with E-state index < -0.39 is 0 Å². The van der Waals surface area contributed by atoms with E-state index in [9.17, 15) is 9.59 Å². The summed E-state index contributed by atoms with van der Waals surface area (Å²) in [7, 11) is 0. The topological polar surface area (TPSA) is 78.6 Å². The van der Waals surface area contributed by atoms with Crippen molar-refractivity contribution in [2.45, 2.75) is 45.4 Å². The standard InChI is InChI=1S/C15H21NO4S/c1-3-19-11(17)8-9-6-5-7-10-12(9)13(14(16)21-10)15(18)20-4-2/h9H,3-8,16H2,1-2H3. The van der Waals surface area contributed by atoms with E-state index in [0.29, 0.717) is 30.2 Å². The molecule has 0 fully saturated rings. The van der Waals surface area contributed by atoms with Crippen LogP contribution in [0.3, 0.4) is 0 Å². The summed E-state index contributed by atoms with van der Waals surface area (Å²) >= 11 is 1.44. The van der Waals surface area contributed by atoms with Crippen molar-refractivity contribution >= 4 is 28.3 Å². The molecule has 2 N–H and O–H groups in total. The minimum atomic E-state index is -0.386. The summed E-state index contributed by atoms with van der Waals surface area (Å²) in [5.74, 6) is -0.612. The van der Waals surface area contributed by atoms with Crippen LogP contribution in [0.1, 0.15) is 59.8 Å². The van der Waals surface area contributed by atoms with Crippen LogP contribution >= 0.6 is 11.3 Å². The molecule has 0 radical (unpaired) electrons. The highest BCUT2D eigenvalue weighted by Gasteiger charge is 2.32. The van der Waals surface area contributed by atoms with Gasteiger partial charge < -0.3 is 15.2 Å². The molecule has 1 heterocycles. The number of thiophene rings is 1. The number of hydrogen-bond acceptors (Lipinski definition) is 6. The highest BCUT2D eigenvalue weighted by Crippen LogP contribution is 2.44. The molecule has 0 spiro atoms. The number of hydrogen-bond donors (Lipinski definition) is 1. The monoisotopic (exact) mass is 311 g/mol. The number of carbonyl (C=O) groups is 2. The zero-order chi connectivity index (χ0) is 15.4. The number of nitrogen functional groups attached to an aromatic ring is 1. The van der Waals surface area contributed by atoms with Crippen molar-refractivity contribution in [2.75, 3.05) is 18.9 Å². The third-order valence-corrected chi connectivity index (χ3v) is 4.71. The number of esters is 2. The van der Waals surface area contributed by atoms with Crippen molar-refractivity contribution < 1.29 is 19.1 Å². The lowest BCUT2D eigenvalue weighted by Gasteiger charge is -2.23. The van der Waals surface area contributed by atoms with E-state index in [4.69, 9.17) is 15.2 Å². The van der Waals surface area contributed by atoms with Crippen LogP contribution in [0.4, 0.5) is 5.00 Å². The van der Waals surface area contributed by atoms with Crippen molar-refractivity contribution in [1.82, 2.24) is 0 Å². The van der Waals surface area contributed by atoms with Gasteiger partial charge in [-0.05, 0) is 44.6 Å². The molecule has 0 aromatic carbocycles. The minimum Gasteiger partial charge on any atom is -0.466 e. The minimum absolute atomic E-state index is 0.000700. The Labute approximate surface area is 128 Å². The normalized spacial score (nSPS) is 17.1. The fourth-order valence-electron chi connectivity index (χ4n) is 2.82. The molecular weight excluding hydrogens is 290 g/mol. The molecule has 1 unspecified atom stereocenters. The van der Waals surface area contributed by atoms with Gasteiger partial charge in [-0.2, -0.15) is 0 Å². The molecule has 1 aromatic rings. The van der Waals surface area contributed by atoms with Crippen LogP contribution in [0.25, 0.3) is 0 Å². The van der Waals surface area contributed by atoms with Crippen LogP contribution in [0, 0.1) is 0 Å². The predicted octanol–water partition coefficient (Wildman–Crippen LogP) is 2.88. The molecule has 0 saturated heterocycles. The van der Waals surface area contributed by atoms with Gasteiger partial charge in [-0.25, -0.2) is 4.79 Å². The summed E-state index contributed by atoms with van der Waals surface area (Å²) in [6.07, 6.45) is 3.07. The van der Waals surface area contributed by atoms with Gasteiger partial charge in [0.05, 0.1) is 25.2 Å². The number of rotatable bonds is 5. The molecule has 0 saturated carbocycles. The Hall–Kier alpha value is -1.56. The number of fused-ring (bicyclic) bond motifs is 1. The fourth-order valence-corrected chi connectivity index (χ4v) is 4.01. The molecule has 1 aromatic heterocycles. The summed E-state index contributed by atoms with van der Waals surface area (Å²) in [5.41, 5.74) is 7.38. The first-order valence-corrected chi connectivity index (χ1v) is 8.13.